The molecule has 0 N–H and O–H groups in total. The predicted octanol–water partition coefficient (Wildman–Crippen LogP) is 4.36. The van der Waals surface area contributed by atoms with Gasteiger partial charge in [-0.1, -0.05) is 41.9 Å². The topological polar surface area (TPSA) is 57.7 Å². The summed E-state index contributed by atoms with van der Waals surface area (Å²) in [5.74, 6) is 0.646. The number of nitrogens with zero attached hydrogens (tertiary/aromatic N) is 2. The number of hydrogen-bond acceptors (Lipinski definition) is 3. The van der Waals surface area contributed by atoms with Gasteiger partial charge >= 0.3 is 0 Å². The second-order valence-electron chi connectivity index (χ2n) is 8.19. The number of amides is 1. The number of halogens is 1. The highest BCUT2D eigenvalue weighted by atomic mass is 35.5. The zero-order valence-electron chi connectivity index (χ0n) is 17.0. The molecule has 0 saturated carbocycles. The molecule has 0 spiro atoms. The van der Waals surface area contributed by atoms with Gasteiger partial charge < -0.3 is 4.90 Å². The van der Waals surface area contributed by atoms with E-state index in [9.17, 15) is 13.2 Å². The maximum atomic E-state index is 13.1. The quantitative estimate of drug-likeness (QED) is 0.700. The Morgan fingerprint density at radius 3 is 2.43 bits per heavy atom. The molecule has 4 rings (SSSR count). The lowest BCUT2D eigenvalue weighted by Gasteiger charge is -2.33. The normalized spacial score (nSPS) is 19.6. The van der Waals surface area contributed by atoms with E-state index in [4.69, 9.17) is 11.6 Å². The lowest BCUT2D eigenvalue weighted by molar-refractivity contribution is 0.0690. The Labute approximate surface area is 183 Å². The maximum Gasteiger partial charge on any atom is 0.253 e. The van der Waals surface area contributed by atoms with Crippen LogP contribution in [0.5, 0.6) is 0 Å². The van der Waals surface area contributed by atoms with Crippen LogP contribution < -0.4 is 4.31 Å². The van der Waals surface area contributed by atoms with Crippen LogP contribution in [0.2, 0.25) is 5.02 Å². The van der Waals surface area contributed by atoms with Crippen molar-refractivity contribution in [2.24, 2.45) is 5.92 Å². The SMILES string of the molecule is O=C(c1ccc(Cl)c(N2CCCCS2(=O)=O)c1)N1CCC(Cc2ccccc2)CC1. The maximum absolute atomic E-state index is 13.1. The molecule has 2 fully saturated rings. The molecule has 160 valence electrons. The van der Waals surface area contributed by atoms with Gasteiger partial charge in [-0.05, 0) is 61.8 Å². The van der Waals surface area contributed by atoms with Crippen molar-refractivity contribution in [3.05, 3.63) is 64.7 Å². The smallest absolute Gasteiger partial charge is 0.253 e. The molecular formula is C23H27ClN2O3S. The Morgan fingerprint density at radius 2 is 1.73 bits per heavy atom. The van der Waals surface area contributed by atoms with E-state index in [-0.39, 0.29) is 11.7 Å². The van der Waals surface area contributed by atoms with E-state index in [0.29, 0.717) is 35.2 Å². The summed E-state index contributed by atoms with van der Waals surface area (Å²) in [6.07, 6.45) is 4.44. The van der Waals surface area contributed by atoms with Crippen LogP contribution >= 0.6 is 11.6 Å². The predicted molar refractivity (Wildman–Crippen MR) is 121 cm³/mol. The largest absolute Gasteiger partial charge is 0.339 e. The number of benzene rings is 2. The van der Waals surface area contributed by atoms with Crippen LogP contribution in [0, 0.1) is 5.92 Å². The van der Waals surface area contributed by atoms with Crippen molar-refractivity contribution in [1.29, 1.82) is 0 Å². The summed E-state index contributed by atoms with van der Waals surface area (Å²) >= 11 is 6.31. The van der Waals surface area contributed by atoms with Crippen molar-refractivity contribution in [1.82, 2.24) is 4.90 Å². The number of rotatable bonds is 4. The van der Waals surface area contributed by atoms with Gasteiger partial charge in [-0.3, -0.25) is 9.10 Å². The molecule has 2 heterocycles. The highest BCUT2D eigenvalue weighted by molar-refractivity contribution is 7.92. The number of hydrogen-bond donors (Lipinski definition) is 0. The first-order chi connectivity index (χ1) is 14.4. The summed E-state index contributed by atoms with van der Waals surface area (Å²) in [6.45, 7) is 1.84. The van der Waals surface area contributed by atoms with Crippen LogP contribution in [0.15, 0.2) is 48.5 Å². The molecule has 2 saturated heterocycles. The Balaban J connectivity index is 1.44. The molecule has 0 atom stereocenters. The van der Waals surface area contributed by atoms with Gasteiger partial charge in [0.15, 0.2) is 0 Å². The molecule has 0 aliphatic carbocycles. The second-order valence-corrected chi connectivity index (χ2v) is 10.6. The van der Waals surface area contributed by atoms with Crippen LogP contribution in [0.3, 0.4) is 0 Å². The van der Waals surface area contributed by atoms with E-state index in [1.54, 1.807) is 18.2 Å². The molecule has 2 aliphatic rings. The van der Waals surface area contributed by atoms with E-state index in [2.05, 4.69) is 24.3 Å². The lowest BCUT2D eigenvalue weighted by atomic mass is 9.90. The molecule has 7 heteroatoms. The standard InChI is InChI=1S/C23H27ClN2O3S/c24-21-9-8-20(17-22(21)26-12-4-5-15-30(26,28)29)23(27)25-13-10-19(11-14-25)16-18-6-2-1-3-7-18/h1-3,6-9,17,19H,4-5,10-16H2. The molecule has 5 nitrogen and oxygen atoms in total. The fourth-order valence-electron chi connectivity index (χ4n) is 4.37. The zero-order valence-corrected chi connectivity index (χ0v) is 18.5. The minimum atomic E-state index is -3.38. The first-order valence-corrected chi connectivity index (χ1v) is 12.6. The fraction of sp³-hybridized carbons (Fsp3) is 0.435. The average molecular weight is 447 g/mol. The fourth-order valence-corrected chi connectivity index (χ4v) is 6.28. The second kappa shape index (κ2) is 8.98. The van der Waals surface area contributed by atoms with Crippen molar-refractivity contribution < 1.29 is 13.2 Å². The summed E-state index contributed by atoms with van der Waals surface area (Å²) < 4.78 is 26.3. The summed E-state index contributed by atoms with van der Waals surface area (Å²) in [5, 5.41) is 0.360. The first kappa shape index (κ1) is 21.2. The molecule has 0 aromatic heterocycles. The van der Waals surface area contributed by atoms with Gasteiger partial charge in [0.05, 0.1) is 16.5 Å². The van der Waals surface area contributed by atoms with Crippen molar-refractivity contribution in [2.75, 3.05) is 29.7 Å². The molecular weight excluding hydrogens is 420 g/mol. The third-order valence-corrected chi connectivity index (χ3v) is 8.26. The van der Waals surface area contributed by atoms with Crippen molar-refractivity contribution in [3.63, 3.8) is 0 Å². The molecule has 0 bridgehead atoms. The molecule has 30 heavy (non-hydrogen) atoms. The Kier molecular flexibility index (Phi) is 6.34. The van der Waals surface area contributed by atoms with Crippen LogP contribution in [-0.4, -0.2) is 44.6 Å². The van der Waals surface area contributed by atoms with Gasteiger partial charge in [0.2, 0.25) is 10.0 Å². The lowest BCUT2D eigenvalue weighted by Crippen LogP contribution is -2.40. The average Bonchev–Trinajstić information content (AvgIpc) is 2.75. The van der Waals surface area contributed by atoms with Gasteiger partial charge in [0, 0.05) is 25.2 Å². The number of piperidine rings is 1. The zero-order chi connectivity index (χ0) is 21.1. The number of anilines is 1. The Hall–Kier alpha value is -2.05. The molecule has 2 aliphatic heterocycles. The van der Waals surface area contributed by atoms with E-state index in [0.717, 1.165) is 38.8 Å². The van der Waals surface area contributed by atoms with Crippen LogP contribution in [0.4, 0.5) is 5.69 Å². The van der Waals surface area contributed by atoms with Gasteiger partial charge in [-0.15, -0.1) is 0 Å². The molecule has 2 aromatic rings. The van der Waals surface area contributed by atoms with Gasteiger partial charge in [0.25, 0.3) is 5.91 Å². The highest BCUT2D eigenvalue weighted by Crippen LogP contribution is 2.32. The van der Waals surface area contributed by atoms with Crippen LogP contribution in [-0.2, 0) is 16.4 Å². The monoisotopic (exact) mass is 446 g/mol. The van der Waals surface area contributed by atoms with Gasteiger partial charge in [-0.2, -0.15) is 0 Å². The molecule has 0 unspecified atom stereocenters. The number of carbonyl (C=O) groups excluding carboxylic acids is 1. The van der Waals surface area contributed by atoms with Crippen molar-refractivity contribution in [3.8, 4) is 0 Å². The summed E-state index contributed by atoms with van der Waals surface area (Å²) in [5.41, 5.74) is 2.25. The van der Waals surface area contributed by atoms with Crippen molar-refractivity contribution >= 4 is 33.2 Å². The van der Waals surface area contributed by atoms with Crippen molar-refractivity contribution in [2.45, 2.75) is 32.1 Å². The Morgan fingerprint density at radius 1 is 1.00 bits per heavy atom. The van der Waals surface area contributed by atoms with Gasteiger partial charge in [-0.25, -0.2) is 8.42 Å². The summed E-state index contributed by atoms with van der Waals surface area (Å²) in [6, 6.07) is 15.4. The van der Waals surface area contributed by atoms with E-state index < -0.39 is 10.0 Å². The minimum absolute atomic E-state index is 0.0551. The first-order valence-electron chi connectivity index (χ1n) is 10.6. The van der Waals surface area contributed by atoms with E-state index >= 15 is 0 Å². The number of sulfonamides is 1. The molecule has 1 amide bonds. The highest BCUT2D eigenvalue weighted by Gasteiger charge is 2.29. The minimum Gasteiger partial charge on any atom is -0.339 e. The van der Waals surface area contributed by atoms with E-state index in [1.807, 2.05) is 11.0 Å². The third-order valence-electron chi connectivity index (χ3n) is 6.08. The Bertz CT molecular complexity index is 1000. The number of carbonyl (C=O) groups is 1. The third kappa shape index (κ3) is 4.65. The summed E-state index contributed by atoms with van der Waals surface area (Å²) in [4.78, 5) is 15.0. The van der Waals surface area contributed by atoms with Gasteiger partial charge in [0.1, 0.15) is 0 Å². The van der Waals surface area contributed by atoms with Crippen LogP contribution in [0.25, 0.3) is 0 Å². The van der Waals surface area contributed by atoms with Crippen LogP contribution in [0.1, 0.15) is 41.6 Å². The molecule has 0 radical (unpaired) electrons. The molecule has 2 aromatic carbocycles. The number of likely N-dealkylation sites (tertiary alicyclic amines) is 1. The summed E-state index contributed by atoms with van der Waals surface area (Å²) in [7, 11) is -3.38. The van der Waals surface area contributed by atoms with E-state index in [1.165, 1.54) is 9.87 Å².